The van der Waals surface area contributed by atoms with Crippen molar-refractivity contribution >= 4 is 0 Å². The Bertz CT molecular complexity index is 352. The van der Waals surface area contributed by atoms with Crippen molar-refractivity contribution in [1.82, 2.24) is 9.88 Å². The third-order valence-corrected chi connectivity index (χ3v) is 3.03. The van der Waals surface area contributed by atoms with Gasteiger partial charge in [-0.15, -0.1) is 0 Å². The van der Waals surface area contributed by atoms with Gasteiger partial charge < -0.3 is 4.74 Å². The minimum absolute atomic E-state index is 0.181. The van der Waals surface area contributed by atoms with Gasteiger partial charge in [0.2, 0.25) is 5.88 Å². The van der Waals surface area contributed by atoms with Gasteiger partial charge in [-0.3, -0.25) is 4.90 Å². The van der Waals surface area contributed by atoms with E-state index in [2.05, 4.69) is 23.0 Å². The van der Waals surface area contributed by atoms with E-state index in [0.29, 0.717) is 6.04 Å². The fourth-order valence-electron chi connectivity index (χ4n) is 2.28. The highest BCUT2D eigenvalue weighted by molar-refractivity contribution is 5.29. The number of hydrogen-bond donors (Lipinski definition) is 0. The SMILES string of the molecule is CC(C)Oc1ncccc1[C@H]1CCCN1C. The molecule has 0 aromatic carbocycles. The lowest BCUT2D eigenvalue weighted by Gasteiger charge is -2.22. The van der Waals surface area contributed by atoms with Crippen LogP contribution in [-0.2, 0) is 0 Å². The number of ether oxygens (including phenoxy) is 1. The van der Waals surface area contributed by atoms with E-state index in [1.165, 1.54) is 24.9 Å². The Labute approximate surface area is 97.4 Å². The summed E-state index contributed by atoms with van der Waals surface area (Å²) in [4.78, 5) is 6.73. The first kappa shape index (κ1) is 11.4. The zero-order chi connectivity index (χ0) is 11.5. The Morgan fingerprint density at radius 1 is 1.50 bits per heavy atom. The van der Waals surface area contributed by atoms with Crippen molar-refractivity contribution in [2.75, 3.05) is 13.6 Å². The van der Waals surface area contributed by atoms with E-state index in [-0.39, 0.29) is 6.10 Å². The number of nitrogens with zero attached hydrogens (tertiary/aromatic N) is 2. The first-order chi connectivity index (χ1) is 7.68. The summed E-state index contributed by atoms with van der Waals surface area (Å²) in [5.41, 5.74) is 1.23. The summed E-state index contributed by atoms with van der Waals surface area (Å²) in [6.45, 7) is 5.24. The number of rotatable bonds is 3. The largest absolute Gasteiger partial charge is 0.475 e. The summed E-state index contributed by atoms with van der Waals surface area (Å²) in [6, 6.07) is 4.61. The lowest BCUT2D eigenvalue weighted by molar-refractivity contribution is 0.220. The van der Waals surface area contributed by atoms with Crippen LogP contribution in [0.5, 0.6) is 5.88 Å². The maximum Gasteiger partial charge on any atom is 0.218 e. The van der Waals surface area contributed by atoms with Gasteiger partial charge in [0.1, 0.15) is 0 Å². The molecule has 3 heteroatoms. The van der Waals surface area contributed by atoms with Crippen molar-refractivity contribution in [3.63, 3.8) is 0 Å². The summed E-state index contributed by atoms with van der Waals surface area (Å²) < 4.78 is 5.77. The van der Waals surface area contributed by atoms with Crippen LogP contribution in [0.4, 0.5) is 0 Å². The highest BCUT2D eigenvalue weighted by Gasteiger charge is 2.25. The van der Waals surface area contributed by atoms with Gasteiger partial charge >= 0.3 is 0 Å². The number of aromatic nitrogens is 1. The molecule has 1 aliphatic rings. The minimum Gasteiger partial charge on any atom is -0.475 e. The molecule has 2 heterocycles. The molecule has 0 spiro atoms. The van der Waals surface area contributed by atoms with Crippen molar-refractivity contribution in [2.24, 2.45) is 0 Å². The standard InChI is InChI=1S/C13H20N2O/c1-10(2)16-13-11(6-4-8-14-13)12-7-5-9-15(12)3/h4,6,8,10,12H,5,7,9H2,1-3H3/t12-/m1/s1. The second-order valence-electron chi connectivity index (χ2n) is 4.70. The molecular weight excluding hydrogens is 200 g/mol. The maximum atomic E-state index is 5.77. The summed E-state index contributed by atoms with van der Waals surface area (Å²) >= 11 is 0. The third kappa shape index (κ3) is 2.35. The second-order valence-corrected chi connectivity index (χ2v) is 4.70. The van der Waals surface area contributed by atoms with Gasteiger partial charge in [-0.2, -0.15) is 0 Å². The van der Waals surface area contributed by atoms with Crippen molar-refractivity contribution in [3.8, 4) is 5.88 Å². The molecular formula is C13H20N2O. The summed E-state index contributed by atoms with van der Waals surface area (Å²) in [7, 11) is 2.17. The molecule has 3 nitrogen and oxygen atoms in total. The first-order valence-corrected chi connectivity index (χ1v) is 6.00. The number of likely N-dealkylation sites (tertiary alicyclic amines) is 1. The molecule has 0 amide bonds. The Balaban J connectivity index is 2.25. The Kier molecular flexibility index (Phi) is 3.44. The first-order valence-electron chi connectivity index (χ1n) is 6.00. The highest BCUT2D eigenvalue weighted by atomic mass is 16.5. The van der Waals surface area contributed by atoms with Gasteiger partial charge in [0.05, 0.1) is 6.10 Å². The minimum atomic E-state index is 0.181. The molecule has 1 aromatic heterocycles. The highest BCUT2D eigenvalue weighted by Crippen LogP contribution is 2.34. The average molecular weight is 220 g/mol. The van der Waals surface area contributed by atoms with Crippen molar-refractivity contribution in [1.29, 1.82) is 0 Å². The van der Waals surface area contributed by atoms with Gasteiger partial charge in [-0.1, -0.05) is 6.07 Å². The summed E-state index contributed by atoms with van der Waals surface area (Å²) in [5.74, 6) is 0.802. The predicted molar refractivity (Wildman–Crippen MR) is 64.6 cm³/mol. The van der Waals surface area contributed by atoms with Crippen molar-refractivity contribution in [3.05, 3.63) is 23.9 Å². The Morgan fingerprint density at radius 3 is 2.94 bits per heavy atom. The van der Waals surface area contributed by atoms with Gasteiger partial charge in [0, 0.05) is 17.8 Å². The molecule has 0 N–H and O–H groups in total. The molecule has 2 rings (SSSR count). The third-order valence-electron chi connectivity index (χ3n) is 3.03. The van der Waals surface area contributed by atoms with Crippen LogP contribution in [0.3, 0.4) is 0 Å². The molecule has 0 unspecified atom stereocenters. The van der Waals surface area contributed by atoms with Crippen molar-refractivity contribution < 1.29 is 4.74 Å². The quantitative estimate of drug-likeness (QED) is 0.783. The van der Waals surface area contributed by atoms with Crippen LogP contribution in [0.25, 0.3) is 0 Å². The molecule has 88 valence electrons. The topological polar surface area (TPSA) is 25.4 Å². The van der Waals surface area contributed by atoms with E-state index < -0.39 is 0 Å². The van der Waals surface area contributed by atoms with Crippen LogP contribution in [-0.4, -0.2) is 29.6 Å². The lowest BCUT2D eigenvalue weighted by Crippen LogP contribution is -2.19. The van der Waals surface area contributed by atoms with Gasteiger partial charge in [-0.25, -0.2) is 4.98 Å². The van der Waals surface area contributed by atoms with Gasteiger partial charge in [0.25, 0.3) is 0 Å². The monoisotopic (exact) mass is 220 g/mol. The van der Waals surface area contributed by atoms with E-state index in [0.717, 1.165) is 5.88 Å². The van der Waals surface area contributed by atoms with Crippen molar-refractivity contribution in [2.45, 2.75) is 38.8 Å². The van der Waals surface area contributed by atoms with Crippen LogP contribution < -0.4 is 4.74 Å². The second kappa shape index (κ2) is 4.83. The number of hydrogen-bond acceptors (Lipinski definition) is 3. The Morgan fingerprint density at radius 2 is 2.31 bits per heavy atom. The fourth-order valence-corrected chi connectivity index (χ4v) is 2.28. The number of pyridine rings is 1. The molecule has 1 aromatic rings. The van der Waals surface area contributed by atoms with Crippen LogP contribution in [0.1, 0.15) is 38.3 Å². The fraction of sp³-hybridized carbons (Fsp3) is 0.615. The van der Waals surface area contributed by atoms with E-state index in [1.807, 2.05) is 19.9 Å². The van der Waals surface area contributed by atoms with Gasteiger partial charge in [-0.05, 0) is 46.3 Å². The molecule has 0 saturated carbocycles. The molecule has 1 aliphatic heterocycles. The summed E-state index contributed by atoms with van der Waals surface area (Å²) in [6.07, 6.45) is 4.45. The van der Waals surface area contributed by atoms with Crippen LogP contribution >= 0.6 is 0 Å². The summed E-state index contributed by atoms with van der Waals surface area (Å²) in [5, 5.41) is 0. The lowest BCUT2D eigenvalue weighted by atomic mass is 10.1. The van der Waals surface area contributed by atoms with Crippen LogP contribution in [0, 0.1) is 0 Å². The zero-order valence-electron chi connectivity index (χ0n) is 10.3. The van der Waals surface area contributed by atoms with Crippen LogP contribution in [0.2, 0.25) is 0 Å². The zero-order valence-corrected chi connectivity index (χ0v) is 10.3. The van der Waals surface area contributed by atoms with Crippen LogP contribution in [0.15, 0.2) is 18.3 Å². The van der Waals surface area contributed by atoms with E-state index in [4.69, 9.17) is 4.74 Å². The van der Waals surface area contributed by atoms with E-state index >= 15 is 0 Å². The van der Waals surface area contributed by atoms with Gasteiger partial charge in [0.15, 0.2) is 0 Å². The predicted octanol–water partition coefficient (Wildman–Crippen LogP) is 2.64. The maximum absolute atomic E-state index is 5.77. The Hall–Kier alpha value is -1.09. The molecule has 16 heavy (non-hydrogen) atoms. The molecule has 0 aliphatic carbocycles. The average Bonchev–Trinajstić information content (AvgIpc) is 2.64. The van der Waals surface area contributed by atoms with E-state index in [1.54, 1.807) is 6.20 Å². The smallest absolute Gasteiger partial charge is 0.218 e. The van der Waals surface area contributed by atoms with E-state index in [9.17, 15) is 0 Å². The molecule has 0 bridgehead atoms. The molecule has 1 fully saturated rings. The molecule has 1 atom stereocenters. The molecule has 1 saturated heterocycles. The normalized spacial score (nSPS) is 21.6. The molecule has 0 radical (unpaired) electrons.